The van der Waals surface area contributed by atoms with Crippen LogP contribution in [-0.2, 0) is 14.8 Å². The Morgan fingerprint density at radius 2 is 2.00 bits per heavy atom. The van der Waals surface area contributed by atoms with Gasteiger partial charge in [-0.25, -0.2) is 13.1 Å². The molecular formula is C18H27N3O4S. The van der Waals surface area contributed by atoms with Crippen LogP contribution in [0.1, 0.15) is 29.6 Å². The van der Waals surface area contributed by atoms with Gasteiger partial charge in [-0.15, -0.1) is 0 Å². The highest BCUT2D eigenvalue weighted by atomic mass is 32.2. The second kappa shape index (κ2) is 8.47. The molecule has 144 valence electrons. The van der Waals surface area contributed by atoms with Gasteiger partial charge in [0.25, 0.3) is 5.91 Å². The van der Waals surface area contributed by atoms with Gasteiger partial charge in [-0.3, -0.25) is 4.79 Å². The molecule has 2 saturated heterocycles. The summed E-state index contributed by atoms with van der Waals surface area (Å²) < 4.78 is 32.8. The van der Waals surface area contributed by atoms with Crippen LogP contribution in [-0.4, -0.2) is 65.2 Å². The van der Waals surface area contributed by atoms with Gasteiger partial charge in [0.2, 0.25) is 10.0 Å². The van der Waals surface area contributed by atoms with Crippen molar-refractivity contribution in [1.82, 2.24) is 14.9 Å². The molecule has 3 rings (SSSR count). The van der Waals surface area contributed by atoms with Crippen molar-refractivity contribution < 1.29 is 17.9 Å². The number of hydrogen-bond donors (Lipinski definition) is 2. The number of likely N-dealkylation sites (tertiary alicyclic amines) is 1. The van der Waals surface area contributed by atoms with E-state index in [1.54, 1.807) is 12.1 Å². The topological polar surface area (TPSA) is 87.7 Å². The first-order valence-electron chi connectivity index (χ1n) is 9.15. The fourth-order valence-corrected chi connectivity index (χ4v) is 4.59. The molecule has 0 aliphatic carbocycles. The summed E-state index contributed by atoms with van der Waals surface area (Å²) in [7, 11) is -1.68. The fourth-order valence-electron chi connectivity index (χ4n) is 3.52. The van der Waals surface area contributed by atoms with Gasteiger partial charge in [-0.05, 0) is 63.0 Å². The summed E-state index contributed by atoms with van der Waals surface area (Å²) in [5.41, 5.74) is 0.521. The maximum atomic E-state index is 12.6. The third-order valence-corrected chi connectivity index (χ3v) is 6.44. The number of rotatable bonds is 7. The Hall–Kier alpha value is -1.48. The van der Waals surface area contributed by atoms with Crippen LogP contribution >= 0.6 is 0 Å². The first-order chi connectivity index (χ1) is 12.5. The van der Waals surface area contributed by atoms with Crippen LogP contribution < -0.4 is 10.0 Å². The van der Waals surface area contributed by atoms with E-state index >= 15 is 0 Å². The maximum Gasteiger partial charge on any atom is 0.253 e. The Bertz CT molecular complexity index is 714. The Morgan fingerprint density at radius 3 is 2.65 bits per heavy atom. The van der Waals surface area contributed by atoms with Gasteiger partial charge in [0.05, 0.1) is 11.0 Å². The molecule has 1 aromatic carbocycles. The smallest absolute Gasteiger partial charge is 0.253 e. The molecule has 2 fully saturated rings. The third-order valence-electron chi connectivity index (χ3n) is 5.00. The number of sulfonamides is 1. The molecule has 2 unspecified atom stereocenters. The van der Waals surface area contributed by atoms with Gasteiger partial charge in [0.1, 0.15) is 0 Å². The summed E-state index contributed by atoms with van der Waals surface area (Å²) in [5, 5.41) is 3.14. The molecule has 2 atom stereocenters. The number of carbonyl (C=O) groups excluding carboxylic acids is 1. The molecule has 7 nitrogen and oxygen atoms in total. The number of hydrogen-bond acceptors (Lipinski definition) is 5. The van der Waals surface area contributed by atoms with Crippen molar-refractivity contribution in [2.45, 2.75) is 30.3 Å². The van der Waals surface area contributed by atoms with E-state index in [1.165, 1.54) is 12.1 Å². The predicted octanol–water partition coefficient (Wildman–Crippen LogP) is 0.825. The summed E-state index contributed by atoms with van der Waals surface area (Å²) in [5.74, 6) is 0.436. The quantitative estimate of drug-likeness (QED) is 0.730. The van der Waals surface area contributed by atoms with Crippen LogP contribution in [0.5, 0.6) is 0 Å². The molecule has 0 radical (unpaired) electrons. The molecule has 1 aromatic rings. The van der Waals surface area contributed by atoms with Gasteiger partial charge in [-0.2, -0.15) is 0 Å². The second-order valence-corrected chi connectivity index (χ2v) is 8.74. The molecule has 0 saturated carbocycles. The standard InChI is InChI=1S/C18H27N3O4S/c1-19-11-14-8-9-21(13-14)18(22)15-4-6-17(7-5-15)26(23,24)20-12-16-3-2-10-25-16/h4-7,14,16,19-20H,2-3,8-13H2,1H3. The lowest BCUT2D eigenvalue weighted by atomic mass is 10.1. The largest absolute Gasteiger partial charge is 0.377 e. The zero-order valence-electron chi connectivity index (χ0n) is 15.1. The first-order valence-corrected chi connectivity index (χ1v) is 10.6. The van der Waals surface area contributed by atoms with E-state index in [4.69, 9.17) is 4.74 Å². The van der Waals surface area contributed by atoms with E-state index < -0.39 is 10.0 Å². The highest BCUT2D eigenvalue weighted by Crippen LogP contribution is 2.19. The van der Waals surface area contributed by atoms with Crippen molar-refractivity contribution >= 4 is 15.9 Å². The lowest BCUT2D eigenvalue weighted by Crippen LogP contribution is -2.32. The monoisotopic (exact) mass is 381 g/mol. The molecule has 2 aliphatic heterocycles. The van der Waals surface area contributed by atoms with E-state index in [2.05, 4.69) is 10.0 Å². The average molecular weight is 381 g/mol. The lowest BCUT2D eigenvalue weighted by molar-refractivity contribution is 0.0787. The summed E-state index contributed by atoms with van der Waals surface area (Å²) in [4.78, 5) is 14.6. The predicted molar refractivity (Wildman–Crippen MR) is 98.5 cm³/mol. The van der Waals surface area contributed by atoms with Crippen molar-refractivity contribution in [1.29, 1.82) is 0 Å². The molecule has 1 amide bonds. The summed E-state index contributed by atoms with van der Waals surface area (Å²) >= 11 is 0. The third kappa shape index (κ3) is 4.62. The molecule has 0 spiro atoms. The van der Waals surface area contributed by atoms with Crippen molar-refractivity contribution in [2.24, 2.45) is 5.92 Å². The number of amides is 1. The number of benzene rings is 1. The Kier molecular flexibility index (Phi) is 6.29. The second-order valence-electron chi connectivity index (χ2n) is 6.97. The van der Waals surface area contributed by atoms with Crippen LogP contribution in [0.25, 0.3) is 0 Å². The highest BCUT2D eigenvalue weighted by Gasteiger charge is 2.27. The van der Waals surface area contributed by atoms with E-state index in [0.717, 1.165) is 38.9 Å². The van der Waals surface area contributed by atoms with Crippen molar-refractivity contribution in [3.8, 4) is 0 Å². The Morgan fingerprint density at radius 1 is 1.23 bits per heavy atom. The normalized spacial score (nSPS) is 23.5. The summed E-state index contributed by atoms with van der Waals surface area (Å²) in [6.45, 7) is 3.35. The minimum absolute atomic E-state index is 0.0418. The Labute approximate surface area is 155 Å². The molecule has 8 heteroatoms. The van der Waals surface area contributed by atoms with Crippen LogP contribution in [0.3, 0.4) is 0 Å². The first kappa shape index (κ1) is 19.3. The molecule has 0 aromatic heterocycles. The lowest BCUT2D eigenvalue weighted by Gasteiger charge is -2.17. The van der Waals surface area contributed by atoms with E-state index in [9.17, 15) is 13.2 Å². The molecule has 2 heterocycles. The Balaban J connectivity index is 1.59. The van der Waals surface area contributed by atoms with Crippen LogP contribution in [0.4, 0.5) is 0 Å². The van der Waals surface area contributed by atoms with Crippen LogP contribution in [0, 0.1) is 5.92 Å². The van der Waals surface area contributed by atoms with Gasteiger partial charge in [-0.1, -0.05) is 0 Å². The number of nitrogens with zero attached hydrogens (tertiary/aromatic N) is 1. The number of carbonyl (C=O) groups is 1. The molecule has 26 heavy (non-hydrogen) atoms. The van der Waals surface area contributed by atoms with Crippen LogP contribution in [0.2, 0.25) is 0 Å². The van der Waals surface area contributed by atoms with Crippen LogP contribution in [0.15, 0.2) is 29.2 Å². The minimum atomic E-state index is -3.59. The zero-order valence-corrected chi connectivity index (χ0v) is 15.9. The SMILES string of the molecule is CNCC1CCN(C(=O)c2ccc(S(=O)(=O)NCC3CCCO3)cc2)C1. The average Bonchev–Trinajstić information content (AvgIpc) is 3.32. The number of nitrogens with one attached hydrogen (secondary N) is 2. The van der Waals surface area contributed by atoms with Gasteiger partial charge in [0.15, 0.2) is 0 Å². The highest BCUT2D eigenvalue weighted by molar-refractivity contribution is 7.89. The molecule has 2 aliphatic rings. The number of ether oxygens (including phenoxy) is 1. The molecule has 0 bridgehead atoms. The van der Waals surface area contributed by atoms with E-state index in [1.807, 2.05) is 11.9 Å². The maximum absolute atomic E-state index is 12.6. The van der Waals surface area contributed by atoms with E-state index in [0.29, 0.717) is 18.1 Å². The van der Waals surface area contributed by atoms with Crippen molar-refractivity contribution in [3.63, 3.8) is 0 Å². The minimum Gasteiger partial charge on any atom is -0.377 e. The van der Waals surface area contributed by atoms with E-state index in [-0.39, 0.29) is 23.5 Å². The summed E-state index contributed by atoms with van der Waals surface area (Å²) in [6, 6.07) is 6.17. The zero-order chi connectivity index (χ0) is 18.6. The van der Waals surface area contributed by atoms with Gasteiger partial charge < -0.3 is 15.0 Å². The van der Waals surface area contributed by atoms with Gasteiger partial charge in [0, 0.05) is 31.8 Å². The fraction of sp³-hybridized carbons (Fsp3) is 0.611. The van der Waals surface area contributed by atoms with Crippen molar-refractivity contribution in [3.05, 3.63) is 29.8 Å². The molecule has 2 N–H and O–H groups in total. The van der Waals surface area contributed by atoms with Crippen molar-refractivity contribution in [2.75, 3.05) is 39.8 Å². The summed E-state index contributed by atoms with van der Waals surface area (Å²) in [6.07, 6.45) is 2.79. The van der Waals surface area contributed by atoms with Gasteiger partial charge >= 0.3 is 0 Å². The molecular weight excluding hydrogens is 354 g/mol.